The Morgan fingerprint density at radius 2 is 2.00 bits per heavy atom. The zero-order valence-electron chi connectivity index (χ0n) is 16.1. The van der Waals surface area contributed by atoms with Crippen LogP contribution in [0.5, 0.6) is 0 Å². The maximum absolute atomic E-state index is 12.4. The topological polar surface area (TPSA) is 47.6 Å². The molecule has 0 fully saturated rings. The fourth-order valence-corrected chi connectivity index (χ4v) is 3.09. The van der Waals surface area contributed by atoms with E-state index in [0.29, 0.717) is 18.1 Å². The zero-order chi connectivity index (χ0) is 19.4. The van der Waals surface area contributed by atoms with Crippen LogP contribution in [0.4, 0.5) is 4.79 Å². The molecule has 2 aliphatic rings. The molecule has 3 rings (SSSR count). The number of benzene rings is 1. The van der Waals surface area contributed by atoms with Crippen molar-refractivity contribution in [1.29, 1.82) is 0 Å². The monoisotopic (exact) mass is 363 g/mol. The second-order valence-corrected chi connectivity index (χ2v) is 6.90. The Balaban J connectivity index is 1.78. The van der Waals surface area contributed by atoms with Crippen LogP contribution >= 0.6 is 0 Å². The number of amides is 1. The minimum Gasteiger partial charge on any atom is -0.487 e. The fraction of sp³-hybridized carbons (Fsp3) is 0.261. The Morgan fingerprint density at radius 3 is 2.74 bits per heavy atom. The minimum atomic E-state index is -0.502. The lowest BCUT2D eigenvalue weighted by Crippen LogP contribution is -2.28. The zero-order valence-corrected chi connectivity index (χ0v) is 16.1. The summed E-state index contributed by atoms with van der Waals surface area (Å²) in [6, 6.07) is 7.84. The highest BCUT2D eigenvalue weighted by molar-refractivity contribution is 5.72. The van der Waals surface area contributed by atoms with Gasteiger partial charge in [0.15, 0.2) is 5.76 Å². The summed E-state index contributed by atoms with van der Waals surface area (Å²) in [5.74, 6) is 0.650. The molecule has 4 heteroatoms. The SMILES string of the molecule is C=C1CC(C)=CC=C1C1=C(NC(=O)OCc2ccccc2C)C(C)=CCO1. The number of hydrogen-bond donors (Lipinski definition) is 1. The predicted molar refractivity (Wildman–Crippen MR) is 107 cm³/mol. The van der Waals surface area contributed by atoms with Gasteiger partial charge in [-0.15, -0.1) is 0 Å². The van der Waals surface area contributed by atoms with Crippen LogP contribution in [-0.4, -0.2) is 12.7 Å². The van der Waals surface area contributed by atoms with Gasteiger partial charge in [0, 0.05) is 5.57 Å². The number of allylic oxidation sites excluding steroid dienone is 5. The maximum atomic E-state index is 12.4. The Labute approximate surface area is 160 Å². The highest BCUT2D eigenvalue weighted by atomic mass is 16.5. The van der Waals surface area contributed by atoms with E-state index in [2.05, 4.69) is 24.9 Å². The molecule has 1 amide bonds. The summed E-state index contributed by atoms with van der Waals surface area (Å²) in [7, 11) is 0. The molecule has 0 aromatic heterocycles. The van der Waals surface area contributed by atoms with Crippen LogP contribution in [-0.2, 0) is 16.1 Å². The quantitative estimate of drug-likeness (QED) is 0.795. The van der Waals surface area contributed by atoms with E-state index in [1.807, 2.05) is 50.3 Å². The van der Waals surface area contributed by atoms with Gasteiger partial charge in [0.2, 0.25) is 0 Å². The summed E-state index contributed by atoms with van der Waals surface area (Å²) < 4.78 is 11.3. The first-order valence-electron chi connectivity index (χ1n) is 9.04. The van der Waals surface area contributed by atoms with Crippen molar-refractivity contribution >= 4 is 6.09 Å². The van der Waals surface area contributed by atoms with E-state index < -0.39 is 6.09 Å². The third-order valence-electron chi connectivity index (χ3n) is 4.74. The molecule has 27 heavy (non-hydrogen) atoms. The average molecular weight is 363 g/mol. The first kappa shape index (κ1) is 18.8. The van der Waals surface area contributed by atoms with Crippen LogP contribution < -0.4 is 5.32 Å². The highest BCUT2D eigenvalue weighted by Crippen LogP contribution is 2.33. The highest BCUT2D eigenvalue weighted by Gasteiger charge is 2.23. The van der Waals surface area contributed by atoms with E-state index in [-0.39, 0.29) is 6.61 Å². The first-order chi connectivity index (χ1) is 13.0. The Bertz CT molecular complexity index is 900. The molecule has 1 aliphatic carbocycles. The first-order valence-corrected chi connectivity index (χ1v) is 9.04. The molecule has 140 valence electrons. The van der Waals surface area contributed by atoms with Crippen LogP contribution in [0.1, 0.15) is 31.4 Å². The summed E-state index contributed by atoms with van der Waals surface area (Å²) in [4.78, 5) is 12.4. The van der Waals surface area contributed by atoms with E-state index in [1.54, 1.807) is 0 Å². The van der Waals surface area contributed by atoms with Crippen molar-refractivity contribution < 1.29 is 14.3 Å². The van der Waals surface area contributed by atoms with Crippen LogP contribution in [0, 0.1) is 6.92 Å². The Hall–Kier alpha value is -3.01. The molecule has 0 bridgehead atoms. The number of carbonyl (C=O) groups is 1. The fourth-order valence-electron chi connectivity index (χ4n) is 3.09. The van der Waals surface area contributed by atoms with E-state index in [4.69, 9.17) is 9.47 Å². The van der Waals surface area contributed by atoms with Crippen molar-refractivity contribution in [3.05, 3.63) is 93.9 Å². The van der Waals surface area contributed by atoms with Crippen molar-refractivity contribution in [2.75, 3.05) is 6.61 Å². The van der Waals surface area contributed by atoms with Gasteiger partial charge in [-0.1, -0.05) is 48.6 Å². The van der Waals surface area contributed by atoms with Gasteiger partial charge in [0.1, 0.15) is 13.2 Å². The molecule has 0 atom stereocenters. The lowest BCUT2D eigenvalue weighted by atomic mass is 9.91. The number of aryl methyl sites for hydroxylation is 1. The maximum Gasteiger partial charge on any atom is 0.412 e. The molecule has 1 aliphatic heterocycles. The van der Waals surface area contributed by atoms with Crippen molar-refractivity contribution in [3.63, 3.8) is 0 Å². The van der Waals surface area contributed by atoms with Gasteiger partial charge in [0.05, 0.1) is 5.70 Å². The summed E-state index contributed by atoms with van der Waals surface area (Å²) in [6.45, 7) is 10.9. The summed E-state index contributed by atoms with van der Waals surface area (Å²) in [5, 5.41) is 2.86. The van der Waals surface area contributed by atoms with E-state index >= 15 is 0 Å². The van der Waals surface area contributed by atoms with Gasteiger partial charge in [0.25, 0.3) is 0 Å². The molecule has 0 spiro atoms. The van der Waals surface area contributed by atoms with Gasteiger partial charge in [-0.05, 0) is 55.5 Å². The Morgan fingerprint density at radius 1 is 1.22 bits per heavy atom. The van der Waals surface area contributed by atoms with Crippen LogP contribution in [0.2, 0.25) is 0 Å². The standard InChI is InChI=1S/C23H25NO3/c1-15-9-10-20(18(4)13-15)22-21(17(3)11-12-26-22)24-23(25)27-14-19-8-6-5-7-16(19)2/h5-11H,4,12-14H2,1-3H3,(H,24,25). The molecule has 1 heterocycles. The van der Waals surface area contributed by atoms with Crippen LogP contribution in [0.15, 0.2) is 82.8 Å². The van der Waals surface area contributed by atoms with Crippen molar-refractivity contribution in [1.82, 2.24) is 5.32 Å². The molecule has 0 radical (unpaired) electrons. The van der Waals surface area contributed by atoms with Gasteiger partial charge >= 0.3 is 6.09 Å². The summed E-state index contributed by atoms with van der Waals surface area (Å²) in [6.07, 6.45) is 6.29. The summed E-state index contributed by atoms with van der Waals surface area (Å²) >= 11 is 0. The minimum absolute atomic E-state index is 0.224. The lowest BCUT2D eigenvalue weighted by molar-refractivity contribution is 0.141. The molecular weight excluding hydrogens is 338 g/mol. The van der Waals surface area contributed by atoms with Crippen molar-refractivity contribution in [2.45, 2.75) is 33.8 Å². The number of alkyl carbamates (subject to hydrolysis) is 1. The van der Waals surface area contributed by atoms with Crippen LogP contribution in [0.25, 0.3) is 0 Å². The second-order valence-electron chi connectivity index (χ2n) is 6.90. The predicted octanol–water partition coefficient (Wildman–Crippen LogP) is 5.24. The molecule has 4 nitrogen and oxygen atoms in total. The smallest absolute Gasteiger partial charge is 0.412 e. The molecule has 0 saturated carbocycles. The lowest BCUT2D eigenvalue weighted by Gasteiger charge is -2.25. The number of hydrogen-bond acceptors (Lipinski definition) is 3. The molecular formula is C23H25NO3. The van der Waals surface area contributed by atoms with Crippen molar-refractivity contribution in [2.24, 2.45) is 0 Å². The van der Waals surface area contributed by atoms with E-state index in [0.717, 1.165) is 34.3 Å². The average Bonchev–Trinajstić information content (AvgIpc) is 2.63. The normalized spacial score (nSPS) is 16.9. The van der Waals surface area contributed by atoms with Gasteiger partial charge in [-0.2, -0.15) is 0 Å². The largest absolute Gasteiger partial charge is 0.487 e. The number of rotatable bonds is 4. The second kappa shape index (κ2) is 8.12. The number of nitrogens with one attached hydrogen (secondary N) is 1. The summed E-state index contributed by atoms with van der Waals surface area (Å²) in [5.41, 5.74) is 6.81. The van der Waals surface area contributed by atoms with Gasteiger partial charge in [-0.25, -0.2) is 4.79 Å². The van der Waals surface area contributed by atoms with E-state index in [1.165, 1.54) is 5.57 Å². The van der Waals surface area contributed by atoms with Crippen LogP contribution in [0.3, 0.4) is 0 Å². The number of ether oxygens (including phenoxy) is 2. The Kier molecular flexibility index (Phi) is 5.65. The molecule has 0 saturated heterocycles. The molecule has 1 N–H and O–H groups in total. The van der Waals surface area contributed by atoms with Gasteiger partial charge < -0.3 is 9.47 Å². The van der Waals surface area contributed by atoms with Gasteiger partial charge in [-0.3, -0.25) is 5.32 Å². The molecule has 1 aromatic rings. The third kappa shape index (κ3) is 4.40. The molecule has 0 unspecified atom stereocenters. The van der Waals surface area contributed by atoms with E-state index in [9.17, 15) is 4.79 Å². The number of carbonyl (C=O) groups excluding carboxylic acids is 1. The third-order valence-corrected chi connectivity index (χ3v) is 4.74. The molecule has 1 aromatic carbocycles. The van der Waals surface area contributed by atoms with Crippen molar-refractivity contribution in [3.8, 4) is 0 Å².